The van der Waals surface area contributed by atoms with Crippen LogP contribution in [0.1, 0.15) is 44.6 Å². The molecule has 1 N–H and O–H groups in total. The van der Waals surface area contributed by atoms with Gasteiger partial charge in [0, 0.05) is 11.1 Å². The first kappa shape index (κ1) is 12.2. The summed E-state index contributed by atoms with van der Waals surface area (Å²) in [5, 5.41) is 13.6. The maximum Gasteiger partial charge on any atom is 0.0654 e. The zero-order valence-electron chi connectivity index (χ0n) is 10.5. The second-order valence-electron chi connectivity index (χ2n) is 4.97. The van der Waals surface area contributed by atoms with E-state index in [0.717, 1.165) is 12.1 Å². The number of aliphatic hydroxyl groups is 1. The van der Waals surface area contributed by atoms with Crippen molar-refractivity contribution >= 4 is 0 Å². The molecular formula is C12H22N2O. The van der Waals surface area contributed by atoms with Crippen LogP contribution < -0.4 is 0 Å². The molecule has 0 unspecified atom stereocenters. The first-order valence-corrected chi connectivity index (χ1v) is 5.59. The molecule has 3 heteroatoms. The number of hydrogen-bond acceptors (Lipinski definition) is 2. The molecule has 0 saturated carbocycles. The fourth-order valence-electron chi connectivity index (χ4n) is 2.14. The highest BCUT2D eigenvalue weighted by molar-refractivity contribution is 5.30. The minimum Gasteiger partial charge on any atom is -0.394 e. The molecule has 0 radical (unpaired) electrons. The maximum absolute atomic E-state index is 9.02. The molecule has 0 aromatic carbocycles. The molecule has 1 heterocycles. The SMILES string of the molecule is CCc1nn(CCO)c(C(C)(C)C)c1C. The van der Waals surface area contributed by atoms with Gasteiger partial charge in [0.25, 0.3) is 0 Å². The Hall–Kier alpha value is -0.830. The van der Waals surface area contributed by atoms with E-state index in [2.05, 4.69) is 39.7 Å². The van der Waals surface area contributed by atoms with Gasteiger partial charge in [0.15, 0.2) is 0 Å². The smallest absolute Gasteiger partial charge is 0.0654 e. The fraction of sp³-hybridized carbons (Fsp3) is 0.750. The van der Waals surface area contributed by atoms with Gasteiger partial charge >= 0.3 is 0 Å². The summed E-state index contributed by atoms with van der Waals surface area (Å²) in [6.07, 6.45) is 0.952. The zero-order valence-corrected chi connectivity index (χ0v) is 10.5. The Balaban J connectivity index is 3.26. The van der Waals surface area contributed by atoms with Crippen molar-refractivity contribution in [1.29, 1.82) is 0 Å². The van der Waals surface area contributed by atoms with Crippen LogP contribution in [0.5, 0.6) is 0 Å². The van der Waals surface area contributed by atoms with E-state index in [1.807, 2.05) is 4.68 Å². The Morgan fingerprint density at radius 1 is 1.33 bits per heavy atom. The molecule has 86 valence electrons. The lowest BCUT2D eigenvalue weighted by atomic mass is 9.88. The number of hydrogen-bond donors (Lipinski definition) is 1. The van der Waals surface area contributed by atoms with Gasteiger partial charge in [0.05, 0.1) is 18.8 Å². The summed E-state index contributed by atoms with van der Waals surface area (Å²) in [4.78, 5) is 0. The van der Waals surface area contributed by atoms with Crippen molar-refractivity contribution in [2.24, 2.45) is 0 Å². The van der Waals surface area contributed by atoms with E-state index in [-0.39, 0.29) is 12.0 Å². The van der Waals surface area contributed by atoms with Gasteiger partial charge in [-0.15, -0.1) is 0 Å². The molecule has 0 spiro atoms. The molecule has 0 saturated heterocycles. The molecule has 0 bridgehead atoms. The lowest BCUT2D eigenvalue weighted by Crippen LogP contribution is -2.20. The molecule has 3 nitrogen and oxygen atoms in total. The molecule has 1 aromatic heterocycles. The van der Waals surface area contributed by atoms with Crippen molar-refractivity contribution < 1.29 is 5.11 Å². The van der Waals surface area contributed by atoms with Crippen molar-refractivity contribution in [3.05, 3.63) is 17.0 Å². The Morgan fingerprint density at radius 3 is 2.33 bits per heavy atom. The number of nitrogens with zero attached hydrogens (tertiary/aromatic N) is 2. The molecule has 0 aliphatic heterocycles. The highest BCUT2D eigenvalue weighted by atomic mass is 16.3. The van der Waals surface area contributed by atoms with Gasteiger partial charge in [-0.2, -0.15) is 5.10 Å². The zero-order chi connectivity index (χ0) is 11.6. The minimum atomic E-state index is 0.0830. The first-order valence-electron chi connectivity index (χ1n) is 5.59. The fourth-order valence-corrected chi connectivity index (χ4v) is 2.14. The number of rotatable bonds is 3. The highest BCUT2D eigenvalue weighted by Gasteiger charge is 2.24. The monoisotopic (exact) mass is 210 g/mol. The van der Waals surface area contributed by atoms with Gasteiger partial charge in [-0.1, -0.05) is 27.7 Å². The van der Waals surface area contributed by atoms with E-state index in [9.17, 15) is 0 Å². The Bertz CT molecular complexity index is 334. The van der Waals surface area contributed by atoms with Crippen LogP contribution in [-0.4, -0.2) is 21.5 Å². The van der Waals surface area contributed by atoms with Gasteiger partial charge < -0.3 is 5.11 Å². The second-order valence-corrected chi connectivity index (χ2v) is 4.97. The molecule has 0 atom stereocenters. The quantitative estimate of drug-likeness (QED) is 0.829. The number of aromatic nitrogens is 2. The van der Waals surface area contributed by atoms with Gasteiger partial charge in [-0.3, -0.25) is 4.68 Å². The van der Waals surface area contributed by atoms with Crippen LogP contribution in [0, 0.1) is 6.92 Å². The second kappa shape index (κ2) is 4.35. The van der Waals surface area contributed by atoms with E-state index < -0.39 is 0 Å². The van der Waals surface area contributed by atoms with Crippen LogP contribution in [0.3, 0.4) is 0 Å². The predicted molar refractivity (Wildman–Crippen MR) is 62.1 cm³/mol. The lowest BCUT2D eigenvalue weighted by molar-refractivity contribution is 0.263. The highest BCUT2D eigenvalue weighted by Crippen LogP contribution is 2.27. The van der Waals surface area contributed by atoms with Crippen molar-refractivity contribution in [2.75, 3.05) is 6.61 Å². The molecule has 0 aliphatic rings. The summed E-state index contributed by atoms with van der Waals surface area (Å²) < 4.78 is 1.95. The molecular weight excluding hydrogens is 188 g/mol. The lowest BCUT2D eigenvalue weighted by Gasteiger charge is -2.21. The average molecular weight is 210 g/mol. The van der Waals surface area contributed by atoms with E-state index in [1.54, 1.807) is 0 Å². The summed E-state index contributed by atoms with van der Waals surface area (Å²) in [5.74, 6) is 0. The Kier molecular flexibility index (Phi) is 3.55. The predicted octanol–water partition coefficient (Wildman–Crippen LogP) is 2.04. The third-order valence-electron chi connectivity index (χ3n) is 2.64. The summed E-state index contributed by atoms with van der Waals surface area (Å²) in [6, 6.07) is 0. The standard InChI is InChI=1S/C12H22N2O/c1-6-10-9(2)11(12(3,4)5)14(13-10)7-8-15/h15H,6-8H2,1-5H3. The number of aliphatic hydroxyl groups excluding tert-OH is 1. The van der Waals surface area contributed by atoms with Crippen LogP contribution >= 0.6 is 0 Å². The van der Waals surface area contributed by atoms with Crippen LogP contribution in [0.25, 0.3) is 0 Å². The maximum atomic E-state index is 9.02. The summed E-state index contributed by atoms with van der Waals surface area (Å²) >= 11 is 0. The molecule has 0 aliphatic carbocycles. The van der Waals surface area contributed by atoms with Gasteiger partial charge in [0.2, 0.25) is 0 Å². The van der Waals surface area contributed by atoms with Gasteiger partial charge in [-0.05, 0) is 18.9 Å². The topological polar surface area (TPSA) is 38.0 Å². The van der Waals surface area contributed by atoms with Crippen LogP contribution in [0.15, 0.2) is 0 Å². The van der Waals surface area contributed by atoms with Gasteiger partial charge in [-0.25, -0.2) is 0 Å². The summed E-state index contributed by atoms with van der Waals surface area (Å²) in [7, 11) is 0. The third-order valence-corrected chi connectivity index (χ3v) is 2.64. The van der Waals surface area contributed by atoms with Crippen molar-refractivity contribution in [3.63, 3.8) is 0 Å². The van der Waals surface area contributed by atoms with E-state index >= 15 is 0 Å². The van der Waals surface area contributed by atoms with E-state index in [0.29, 0.717) is 6.54 Å². The molecule has 0 fully saturated rings. The Morgan fingerprint density at radius 2 is 1.93 bits per heavy atom. The van der Waals surface area contributed by atoms with Crippen molar-refractivity contribution in [1.82, 2.24) is 9.78 Å². The van der Waals surface area contributed by atoms with Crippen LogP contribution in [-0.2, 0) is 18.4 Å². The average Bonchev–Trinajstić information content (AvgIpc) is 2.42. The molecule has 1 aromatic rings. The molecule has 15 heavy (non-hydrogen) atoms. The largest absolute Gasteiger partial charge is 0.394 e. The summed E-state index contributed by atoms with van der Waals surface area (Å²) in [6.45, 7) is 11.5. The third kappa shape index (κ3) is 2.40. The first-order chi connectivity index (χ1) is 6.91. The van der Waals surface area contributed by atoms with Crippen LogP contribution in [0.2, 0.25) is 0 Å². The van der Waals surface area contributed by atoms with Gasteiger partial charge in [0.1, 0.15) is 0 Å². The van der Waals surface area contributed by atoms with E-state index in [1.165, 1.54) is 11.3 Å². The van der Waals surface area contributed by atoms with Crippen molar-refractivity contribution in [2.45, 2.75) is 53.0 Å². The van der Waals surface area contributed by atoms with E-state index in [4.69, 9.17) is 5.11 Å². The number of aryl methyl sites for hydroxylation is 1. The Labute approximate surface area is 92.1 Å². The summed E-state index contributed by atoms with van der Waals surface area (Å²) in [5.41, 5.74) is 3.75. The minimum absolute atomic E-state index is 0.0830. The molecule has 1 rings (SSSR count). The van der Waals surface area contributed by atoms with Crippen LogP contribution in [0.4, 0.5) is 0 Å². The normalized spacial score (nSPS) is 12.1. The molecule has 0 amide bonds. The van der Waals surface area contributed by atoms with Crippen molar-refractivity contribution in [3.8, 4) is 0 Å².